The molecule has 0 saturated carbocycles. The van der Waals surface area contributed by atoms with Crippen LogP contribution in [0, 0.1) is 0 Å². The van der Waals surface area contributed by atoms with Crippen LogP contribution in [0.2, 0.25) is 0 Å². The fourth-order valence-corrected chi connectivity index (χ4v) is 2.89. The van der Waals surface area contributed by atoms with Crippen molar-refractivity contribution < 1.29 is 0 Å². The molecule has 0 aliphatic carbocycles. The molecule has 0 aliphatic heterocycles. The molecule has 0 unspecified atom stereocenters. The van der Waals surface area contributed by atoms with Crippen molar-refractivity contribution >= 4 is 16.7 Å². The second-order valence-electron chi connectivity index (χ2n) is 5.08. The monoisotopic (exact) mass is 290 g/mol. The molecule has 1 aromatic heterocycles. The Balaban J connectivity index is 2.19. The average Bonchev–Trinajstić information content (AvgIpc) is 2.95. The van der Waals surface area contributed by atoms with Crippen molar-refractivity contribution in [1.29, 1.82) is 0 Å². The minimum absolute atomic E-state index is 0.370. The van der Waals surface area contributed by atoms with E-state index in [0.29, 0.717) is 12.5 Å². The lowest BCUT2D eigenvalue weighted by atomic mass is 10.1. The van der Waals surface area contributed by atoms with Crippen LogP contribution in [-0.2, 0) is 13.1 Å². The van der Waals surface area contributed by atoms with Crippen molar-refractivity contribution in [2.75, 3.05) is 11.4 Å². The number of nitrogens with zero attached hydrogens (tertiary/aromatic N) is 3. The lowest BCUT2D eigenvalue weighted by molar-refractivity contribution is 0.776. The molecule has 0 fully saturated rings. The summed E-state index contributed by atoms with van der Waals surface area (Å²) >= 11 is 1.48. The molecule has 0 saturated heterocycles. The number of nitrogens with two attached hydrogens (primary N) is 1. The van der Waals surface area contributed by atoms with Gasteiger partial charge in [-0.15, -0.1) is 0 Å². The molecule has 2 N–H and O–H groups in total. The Morgan fingerprint density at radius 2 is 1.95 bits per heavy atom. The molecule has 1 heterocycles. The molecule has 2 aromatic rings. The van der Waals surface area contributed by atoms with Crippen molar-refractivity contribution in [2.24, 2.45) is 5.73 Å². The Bertz CT molecular complexity index is 550. The van der Waals surface area contributed by atoms with Crippen LogP contribution in [0.1, 0.15) is 43.6 Å². The molecule has 2 rings (SSSR count). The van der Waals surface area contributed by atoms with Crippen molar-refractivity contribution in [1.82, 2.24) is 9.36 Å². The molecule has 0 amide bonds. The van der Waals surface area contributed by atoms with E-state index in [2.05, 4.69) is 53.2 Å². The van der Waals surface area contributed by atoms with Crippen LogP contribution in [0.3, 0.4) is 0 Å². The van der Waals surface area contributed by atoms with Gasteiger partial charge in [-0.05, 0) is 18.1 Å². The average molecular weight is 290 g/mol. The third-order valence-electron chi connectivity index (χ3n) is 3.30. The predicted octanol–water partition coefficient (Wildman–Crippen LogP) is 3.15. The second kappa shape index (κ2) is 6.81. The van der Waals surface area contributed by atoms with E-state index >= 15 is 0 Å². The first-order chi connectivity index (χ1) is 9.65. The topological polar surface area (TPSA) is 55.0 Å². The molecule has 20 heavy (non-hydrogen) atoms. The lowest BCUT2D eigenvalue weighted by Crippen LogP contribution is -2.23. The van der Waals surface area contributed by atoms with Crippen molar-refractivity contribution in [3.63, 3.8) is 0 Å². The largest absolute Gasteiger partial charge is 0.343 e. The number of hydrogen-bond acceptors (Lipinski definition) is 5. The number of aromatic nitrogens is 2. The Morgan fingerprint density at radius 1 is 1.25 bits per heavy atom. The zero-order chi connectivity index (χ0) is 14.5. The Morgan fingerprint density at radius 3 is 2.50 bits per heavy atom. The summed E-state index contributed by atoms with van der Waals surface area (Å²) in [6, 6.07) is 8.31. The first kappa shape index (κ1) is 14.9. The van der Waals surface area contributed by atoms with Crippen LogP contribution in [0.15, 0.2) is 24.3 Å². The Kier molecular flexibility index (Phi) is 5.09. The highest BCUT2D eigenvalue weighted by Gasteiger charge is 2.14. The third-order valence-corrected chi connectivity index (χ3v) is 4.09. The first-order valence-electron chi connectivity index (χ1n) is 7.01. The first-order valence-corrected chi connectivity index (χ1v) is 7.78. The SMILES string of the molecule is CCN(Cc1ccccc1CN)c1nc(C(C)C)ns1. The molecule has 0 aliphatic rings. The minimum atomic E-state index is 0.370. The summed E-state index contributed by atoms with van der Waals surface area (Å²) in [5.41, 5.74) is 8.26. The molecular weight excluding hydrogens is 268 g/mol. The summed E-state index contributed by atoms with van der Waals surface area (Å²) in [6.45, 7) is 8.68. The van der Waals surface area contributed by atoms with Crippen molar-refractivity contribution in [2.45, 2.75) is 39.8 Å². The van der Waals surface area contributed by atoms with Crippen molar-refractivity contribution in [3.8, 4) is 0 Å². The third kappa shape index (κ3) is 3.35. The van der Waals surface area contributed by atoms with Gasteiger partial charge >= 0.3 is 0 Å². The fourth-order valence-electron chi connectivity index (χ4n) is 2.02. The van der Waals surface area contributed by atoms with Crippen LogP contribution in [0.4, 0.5) is 5.13 Å². The lowest BCUT2D eigenvalue weighted by Gasteiger charge is -2.20. The fraction of sp³-hybridized carbons (Fsp3) is 0.467. The van der Waals surface area contributed by atoms with Crippen molar-refractivity contribution in [3.05, 3.63) is 41.2 Å². The van der Waals surface area contributed by atoms with Crippen LogP contribution < -0.4 is 10.6 Å². The van der Waals surface area contributed by atoms with E-state index in [0.717, 1.165) is 24.0 Å². The van der Waals surface area contributed by atoms with Gasteiger partial charge in [-0.1, -0.05) is 38.1 Å². The summed E-state index contributed by atoms with van der Waals surface area (Å²) in [7, 11) is 0. The van der Waals surface area contributed by atoms with Gasteiger partial charge in [-0.2, -0.15) is 4.37 Å². The maximum atomic E-state index is 5.81. The summed E-state index contributed by atoms with van der Waals surface area (Å²) < 4.78 is 4.43. The Hall–Kier alpha value is -1.46. The number of benzene rings is 1. The quantitative estimate of drug-likeness (QED) is 0.888. The van der Waals surface area contributed by atoms with Gasteiger partial charge in [0.05, 0.1) is 0 Å². The Labute approximate surface area is 124 Å². The predicted molar refractivity (Wildman–Crippen MR) is 85.1 cm³/mol. The van der Waals surface area contributed by atoms with Gasteiger partial charge in [0.15, 0.2) is 0 Å². The minimum Gasteiger partial charge on any atom is -0.343 e. The van der Waals surface area contributed by atoms with E-state index in [1.54, 1.807) is 0 Å². The van der Waals surface area contributed by atoms with E-state index in [9.17, 15) is 0 Å². The van der Waals surface area contributed by atoms with Gasteiger partial charge in [0.2, 0.25) is 5.13 Å². The molecule has 0 bridgehead atoms. The van der Waals surface area contributed by atoms with Gasteiger partial charge in [0.1, 0.15) is 5.82 Å². The molecular formula is C15H22N4S. The maximum absolute atomic E-state index is 5.81. The molecule has 1 aromatic carbocycles. The highest BCUT2D eigenvalue weighted by Crippen LogP contribution is 2.23. The normalized spacial score (nSPS) is 11.1. The highest BCUT2D eigenvalue weighted by atomic mass is 32.1. The number of anilines is 1. The van der Waals surface area contributed by atoms with Crippen LogP contribution in [0.25, 0.3) is 0 Å². The van der Waals surface area contributed by atoms with E-state index < -0.39 is 0 Å². The molecule has 108 valence electrons. The summed E-state index contributed by atoms with van der Waals surface area (Å²) in [5, 5.41) is 0.989. The van der Waals surface area contributed by atoms with Gasteiger partial charge in [0.25, 0.3) is 0 Å². The molecule has 0 atom stereocenters. The van der Waals surface area contributed by atoms with Crippen LogP contribution in [0.5, 0.6) is 0 Å². The van der Waals surface area contributed by atoms with E-state index in [1.165, 1.54) is 22.7 Å². The summed E-state index contributed by atoms with van der Waals surface area (Å²) in [6.07, 6.45) is 0. The standard InChI is InChI=1S/C15H22N4S/c1-4-19(15-17-14(11(2)3)18-20-15)10-13-8-6-5-7-12(13)9-16/h5-8,11H,4,9-10,16H2,1-3H3. The van der Waals surface area contributed by atoms with Gasteiger partial charge in [-0.3, -0.25) is 0 Å². The zero-order valence-corrected chi connectivity index (χ0v) is 13.2. The van der Waals surface area contributed by atoms with E-state index in [1.807, 2.05) is 6.07 Å². The number of hydrogen-bond donors (Lipinski definition) is 1. The summed E-state index contributed by atoms with van der Waals surface area (Å²) in [5.74, 6) is 1.30. The van der Waals surface area contributed by atoms with Crippen LogP contribution in [-0.4, -0.2) is 15.9 Å². The molecule has 5 heteroatoms. The van der Waals surface area contributed by atoms with E-state index in [4.69, 9.17) is 5.73 Å². The van der Waals surface area contributed by atoms with Crippen LogP contribution >= 0.6 is 11.5 Å². The zero-order valence-electron chi connectivity index (χ0n) is 12.3. The second-order valence-corrected chi connectivity index (χ2v) is 5.81. The smallest absolute Gasteiger partial charge is 0.205 e. The van der Waals surface area contributed by atoms with Gasteiger partial charge < -0.3 is 10.6 Å². The summed E-state index contributed by atoms with van der Waals surface area (Å²) in [4.78, 5) is 6.88. The molecule has 0 spiro atoms. The van der Waals surface area contributed by atoms with Gasteiger partial charge in [0, 0.05) is 37.1 Å². The molecule has 4 nitrogen and oxygen atoms in total. The van der Waals surface area contributed by atoms with Gasteiger partial charge in [-0.25, -0.2) is 4.98 Å². The molecule has 0 radical (unpaired) electrons. The highest BCUT2D eigenvalue weighted by molar-refractivity contribution is 7.09. The number of rotatable bonds is 6. The maximum Gasteiger partial charge on any atom is 0.205 e. The van der Waals surface area contributed by atoms with E-state index in [-0.39, 0.29) is 0 Å².